The monoisotopic (exact) mass is 396 g/mol. The van der Waals surface area contributed by atoms with Gasteiger partial charge in [0, 0.05) is 17.6 Å². The average Bonchev–Trinajstić information content (AvgIpc) is 2.72. The molecule has 0 bridgehead atoms. The molecule has 0 aromatic heterocycles. The zero-order chi connectivity index (χ0) is 19.6. The third-order valence-corrected chi connectivity index (χ3v) is 5.84. The number of benzene rings is 2. The van der Waals surface area contributed by atoms with Crippen molar-refractivity contribution in [3.8, 4) is 0 Å². The van der Waals surface area contributed by atoms with Gasteiger partial charge >= 0.3 is 0 Å². The predicted molar refractivity (Wildman–Crippen MR) is 115 cm³/mol. The van der Waals surface area contributed by atoms with Gasteiger partial charge in [-0.2, -0.15) is 0 Å². The van der Waals surface area contributed by atoms with Crippen molar-refractivity contribution in [1.29, 1.82) is 0 Å². The first-order valence-corrected chi connectivity index (χ1v) is 10.2. The Balaban J connectivity index is 1.67. The number of halogens is 1. The fourth-order valence-corrected chi connectivity index (χ4v) is 4.33. The zero-order valence-electron chi connectivity index (χ0n) is 16.0. The number of hydrogen-bond acceptors (Lipinski definition) is 3. The normalized spacial score (nSPS) is 18.9. The number of nitrogens with one attached hydrogen (secondary N) is 3. The number of nitrogens with zero attached hydrogens (tertiary/aromatic N) is 1. The van der Waals surface area contributed by atoms with Gasteiger partial charge in [-0.3, -0.25) is 9.79 Å². The molecular formula is C22H25ClN4O. The summed E-state index contributed by atoms with van der Waals surface area (Å²) in [5.41, 5.74) is 3.46. The molecule has 28 heavy (non-hydrogen) atoms. The Morgan fingerprint density at radius 2 is 1.96 bits per heavy atom. The van der Waals surface area contributed by atoms with Gasteiger partial charge < -0.3 is 16.0 Å². The van der Waals surface area contributed by atoms with Crippen LogP contribution in [0.15, 0.2) is 47.5 Å². The van der Waals surface area contributed by atoms with E-state index in [1.54, 1.807) is 7.05 Å². The molecule has 5 nitrogen and oxygen atoms in total. The standard InChI is InChI=1S/C22H25ClN4O/c1-24-20(28)16-8-9-18-19(13-16)27-22(10-3-2-4-11-22)21(26-18)25-14-15-6-5-7-17(23)12-15/h5-9,12-13,27H,2-4,10-11,14H2,1H3,(H,24,28)(H,25,26). The molecule has 1 aliphatic carbocycles. The summed E-state index contributed by atoms with van der Waals surface area (Å²) in [4.78, 5) is 17.0. The average molecular weight is 397 g/mol. The maximum Gasteiger partial charge on any atom is 0.251 e. The molecule has 4 rings (SSSR count). The van der Waals surface area contributed by atoms with Crippen LogP contribution in [-0.4, -0.2) is 24.3 Å². The maximum absolute atomic E-state index is 12.0. The minimum Gasteiger partial charge on any atom is -0.371 e. The van der Waals surface area contributed by atoms with Crippen LogP contribution in [0.1, 0.15) is 48.0 Å². The van der Waals surface area contributed by atoms with Gasteiger partial charge in [0.25, 0.3) is 5.91 Å². The van der Waals surface area contributed by atoms with E-state index in [-0.39, 0.29) is 11.4 Å². The van der Waals surface area contributed by atoms with Gasteiger partial charge in [0.1, 0.15) is 5.84 Å². The van der Waals surface area contributed by atoms with Gasteiger partial charge in [-0.1, -0.05) is 43.0 Å². The maximum atomic E-state index is 12.0. The van der Waals surface area contributed by atoms with Crippen LogP contribution in [-0.2, 0) is 6.54 Å². The van der Waals surface area contributed by atoms with Gasteiger partial charge in [0.2, 0.25) is 0 Å². The summed E-state index contributed by atoms with van der Waals surface area (Å²) in [5, 5.41) is 10.7. The van der Waals surface area contributed by atoms with Crippen molar-refractivity contribution < 1.29 is 4.79 Å². The Morgan fingerprint density at radius 1 is 1.14 bits per heavy atom. The molecule has 2 aromatic carbocycles. The van der Waals surface area contributed by atoms with Crippen molar-refractivity contribution in [2.75, 3.05) is 17.7 Å². The van der Waals surface area contributed by atoms with Gasteiger partial charge in [0.05, 0.1) is 23.5 Å². The molecule has 1 saturated carbocycles. The number of fused-ring (bicyclic) bond motifs is 1. The van der Waals surface area contributed by atoms with E-state index in [0.29, 0.717) is 12.1 Å². The fourth-order valence-electron chi connectivity index (χ4n) is 4.12. The number of amidine groups is 1. The molecule has 0 unspecified atom stereocenters. The summed E-state index contributed by atoms with van der Waals surface area (Å²) < 4.78 is 0. The fraction of sp³-hybridized carbons (Fsp3) is 0.364. The molecule has 146 valence electrons. The van der Waals surface area contributed by atoms with Crippen LogP contribution in [0.5, 0.6) is 0 Å². The van der Waals surface area contributed by atoms with E-state index in [4.69, 9.17) is 16.6 Å². The lowest BCUT2D eigenvalue weighted by molar-refractivity contribution is 0.0963. The van der Waals surface area contributed by atoms with E-state index in [2.05, 4.69) is 16.0 Å². The van der Waals surface area contributed by atoms with Gasteiger partial charge in [-0.25, -0.2) is 0 Å². The Hall–Kier alpha value is -2.53. The summed E-state index contributed by atoms with van der Waals surface area (Å²) in [7, 11) is 1.65. The van der Waals surface area contributed by atoms with Crippen molar-refractivity contribution in [1.82, 2.24) is 5.32 Å². The molecule has 2 aliphatic rings. The minimum absolute atomic E-state index is 0.0808. The van der Waals surface area contributed by atoms with Crippen molar-refractivity contribution in [3.63, 3.8) is 0 Å². The third kappa shape index (κ3) is 3.72. The second-order valence-corrected chi connectivity index (χ2v) is 7.96. The summed E-state index contributed by atoms with van der Waals surface area (Å²) >= 11 is 6.12. The van der Waals surface area contributed by atoms with Crippen molar-refractivity contribution in [3.05, 3.63) is 58.6 Å². The van der Waals surface area contributed by atoms with Gasteiger partial charge in [-0.15, -0.1) is 0 Å². The van der Waals surface area contributed by atoms with E-state index in [1.165, 1.54) is 6.42 Å². The van der Waals surface area contributed by atoms with Crippen molar-refractivity contribution in [2.45, 2.75) is 44.2 Å². The van der Waals surface area contributed by atoms with Gasteiger partial charge in [0.15, 0.2) is 0 Å². The first-order chi connectivity index (χ1) is 13.6. The van der Waals surface area contributed by atoms with Crippen LogP contribution in [0.25, 0.3) is 0 Å². The summed E-state index contributed by atoms with van der Waals surface area (Å²) in [5.74, 6) is 0.898. The number of hydrogen-bond donors (Lipinski definition) is 3. The SMILES string of the molecule is CNC(=O)c1ccc2c(c1)NC1(CCCCC1)C(=NCc1cccc(Cl)c1)N2. The number of rotatable bonds is 3. The lowest BCUT2D eigenvalue weighted by Gasteiger charge is -2.44. The predicted octanol–water partition coefficient (Wildman–Crippen LogP) is 4.84. The largest absolute Gasteiger partial charge is 0.371 e. The number of carbonyl (C=O) groups excluding carboxylic acids is 1. The number of amides is 1. The number of anilines is 2. The van der Waals surface area contributed by atoms with Crippen LogP contribution in [0.2, 0.25) is 5.02 Å². The van der Waals surface area contributed by atoms with E-state index in [0.717, 1.165) is 53.5 Å². The minimum atomic E-state index is -0.203. The Kier molecular flexibility index (Phi) is 5.27. The molecule has 0 atom stereocenters. The third-order valence-electron chi connectivity index (χ3n) is 5.61. The summed E-state index contributed by atoms with van der Waals surface area (Å²) in [6.07, 6.45) is 5.62. The molecule has 6 heteroatoms. The van der Waals surface area contributed by atoms with Crippen molar-refractivity contribution >= 4 is 34.7 Å². The molecule has 2 aromatic rings. The molecule has 1 amide bonds. The summed E-state index contributed by atoms with van der Waals surface area (Å²) in [6, 6.07) is 13.5. The van der Waals surface area contributed by atoms with E-state index >= 15 is 0 Å². The molecule has 3 N–H and O–H groups in total. The van der Waals surface area contributed by atoms with E-state index < -0.39 is 0 Å². The molecular weight excluding hydrogens is 372 g/mol. The van der Waals surface area contributed by atoms with Gasteiger partial charge in [-0.05, 0) is 48.7 Å². The molecule has 0 saturated heterocycles. The first-order valence-electron chi connectivity index (χ1n) is 9.80. The highest BCUT2D eigenvalue weighted by atomic mass is 35.5. The topological polar surface area (TPSA) is 65.5 Å². The molecule has 1 fully saturated rings. The Bertz CT molecular complexity index is 919. The second-order valence-electron chi connectivity index (χ2n) is 7.53. The highest BCUT2D eigenvalue weighted by molar-refractivity contribution is 6.30. The van der Waals surface area contributed by atoms with Crippen LogP contribution >= 0.6 is 11.6 Å². The molecule has 1 aliphatic heterocycles. The van der Waals surface area contributed by atoms with Crippen molar-refractivity contribution in [2.24, 2.45) is 4.99 Å². The Labute approximate surface area is 170 Å². The van der Waals surface area contributed by atoms with Crippen LogP contribution in [0, 0.1) is 0 Å². The lowest BCUT2D eigenvalue weighted by Crippen LogP contribution is -2.53. The van der Waals surface area contributed by atoms with Crippen LogP contribution < -0.4 is 16.0 Å². The second kappa shape index (κ2) is 7.84. The molecule has 1 heterocycles. The number of carbonyl (C=O) groups is 1. The highest BCUT2D eigenvalue weighted by Gasteiger charge is 2.40. The number of aliphatic imine (C=N–C) groups is 1. The zero-order valence-corrected chi connectivity index (χ0v) is 16.8. The quantitative estimate of drug-likeness (QED) is 0.695. The summed E-state index contributed by atoms with van der Waals surface area (Å²) in [6.45, 7) is 0.581. The highest BCUT2D eigenvalue weighted by Crippen LogP contribution is 2.40. The Morgan fingerprint density at radius 3 is 2.71 bits per heavy atom. The smallest absolute Gasteiger partial charge is 0.251 e. The van der Waals surface area contributed by atoms with Crippen LogP contribution in [0.3, 0.4) is 0 Å². The lowest BCUT2D eigenvalue weighted by atomic mass is 9.79. The molecule has 0 radical (unpaired) electrons. The molecule has 1 spiro atoms. The van der Waals surface area contributed by atoms with Crippen LogP contribution in [0.4, 0.5) is 11.4 Å². The van der Waals surface area contributed by atoms with E-state index in [9.17, 15) is 4.79 Å². The first kappa shape index (κ1) is 18.8. The van der Waals surface area contributed by atoms with E-state index in [1.807, 2.05) is 42.5 Å².